The summed E-state index contributed by atoms with van der Waals surface area (Å²) in [7, 11) is 0. The highest BCUT2D eigenvalue weighted by Crippen LogP contribution is 2.38. The van der Waals surface area contributed by atoms with Crippen LogP contribution in [0.5, 0.6) is 0 Å². The van der Waals surface area contributed by atoms with Crippen molar-refractivity contribution in [3.63, 3.8) is 0 Å². The van der Waals surface area contributed by atoms with Crippen molar-refractivity contribution in [3.8, 4) is 0 Å². The molecule has 0 amide bonds. The van der Waals surface area contributed by atoms with Gasteiger partial charge in [-0.05, 0) is 25.7 Å². The van der Waals surface area contributed by atoms with Gasteiger partial charge in [0.05, 0.1) is 0 Å². The van der Waals surface area contributed by atoms with Crippen molar-refractivity contribution in [1.29, 1.82) is 0 Å². The number of halogens is 1. The minimum absolute atomic E-state index is 0.0143. The highest BCUT2D eigenvalue weighted by Gasteiger charge is 2.49. The number of alkyl halides is 1. The second-order valence-electron chi connectivity index (χ2n) is 4.30. The van der Waals surface area contributed by atoms with Gasteiger partial charge in [0.1, 0.15) is 10.0 Å². The molecule has 2 rings (SSSR count). The van der Waals surface area contributed by atoms with Gasteiger partial charge in [-0.2, -0.15) is 0 Å². The monoisotopic (exact) mass is 338 g/mol. The van der Waals surface area contributed by atoms with Crippen LogP contribution in [0.25, 0.3) is 0 Å². The maximum atomic E-state index is 11.6. The van der Waals surface area contributed by atoms with Gasteiger partial charge in [-0.1, -0.05) is 29.5 Å². The lowest BCUT2D eigenvalue weighted by atomic mass is 10.0. The predicted octanol–water partition coefficient (Wildman–Crippen LogP) is 1.84. The summed E-state index contributed by atoms with van der Waals surface area (Å²) in [5.74, 6) is -0.558. The lowest BCUT2D eigenvalue weighted by Gasteiger charge is -2.15. The van der Waals surface area contributed by atoms with E-state index < -0.39 is 6.10 Å². The Kier molecular flexibility index (Phi) is 3.71. The van der Waals surface area contributed by atoms with Crippen LogP contribution in [0.1, 0.15) is 32.6 Å². The Labute approximate surface area is 108 Å². The molecular weight excluding hydrogens is 323 g/mol. The van der Waals surface area contributed by atoms with Crippen LogP contribution in [0.3, 0.4) is 0 Å². The van der Waals surface area contributed by atoms with E-state index in [2.05, 4.69) is 0 Å². The molecule has 0 aromatic heterocycles. The fraction of sp³-hybridized carbons (Fsp3) is 0.818. The molecule has 2 aliphatic rings. The molecule has 4 unspecified atom stereocenters. The molecule has 1 heterocycles. The van der Waals surface area contributed by atoms with Crippen molar-refractivity contribution < 1.29 is 19.1 Å². The Balaban J connectivity index is 1.98. The smallest absolute Gasteiger partial charge is 0.348 e. The zero-order valence-electron chi connectivity index (χ0n) is 9.15. The van der Waals surface area contributed by atoms with E-state index in [0.29, 0.717) is 0 Å². The first-order valence-electron chi connectivity index (χ1n) is 5.68. The number of hydrogen-bond acceptors (Lipinski definition) is 4. The van der Waals surface area contributed by atoms with Crippen molar-refractivity contribution in [3.05, 3.63) is 0 Å². The van der Waals surface area contributed by atoms with E-state index in [9.17, 15) is 9.59 Å². The Morgan fingerprint density at radius 1 is 1.62 bits per heavy atom. The second-order valence-corrected chi connectivity index (χ2v) is 5.81. The van der Waals surface area contributed by atoms with Crippen LogP contribution < -0.4 is 0 Å². The fourth-order valence-electron chi connectivity index (χ4n) is 2.34. The third-order valence-corrected chi connectivity index (χ3v) is 4.64. The average molecular weight is 338 g/mol. The molecule has 1 aliphatic heterocycles. The second kappa shape index (κ2) is 4.89. The van der Waals surface area contributed by atoms with Crippen LogP contribution in [-0.4, -0.2) is 28.1 Å². The standard InChI is InChI=1S/C11H15IO4/c1-2-7(12)10(13)16-9-6-4-3-5-8(6)15-11(9)14/h6-9H,2-5H2,1H3. The maximum absolute atomic E-state index is 11.6. The van der Waals surface area contributed by atoms with Crippen molar-refractivity contribution in [2.75, 3.05) is 0 Å². The molecule has 0 aromatic carbocycles. The Morgan fingerprint density at radius 2 is 2.38 bits per heavy atom. The Morgan fingerprint density at radius 3 is 3.06 bits per heavy atom. The molecule has 90 valence electrons. The summed E-state index contributed by atoms with van der Waals surface area (Å²) in [6.07, 6.45) is 2.94. The normalized spacial score (nSPS) is 34.4. The molecule has 1 saturated heterocycles. The van der Waals surface area contributed by atoms with Gasteiger partial charge in [-0.15, -0.1) is 0 Å². The number of carbonyl (C=O) groups excluding carboxylic acids is 2. The molecule has 1 saturated carbocycles. The molecular formula is C11H15IO4. The van der Waals surface area contributed by atoms with Crippen LogP contribution >= 0.6 is 22.6 Å². The van der Waals surface area contributed by atoms with Crippen LogP contribution in [0, 0.1) is 5.92 Å². The summed E-state index contributed by atoms with van der Waals surface area (Å²) in [6, 6.07) is 0. The molecule has 2 fully saturated rings. The highest BCUT2D eigenvalue weighted by molar-refractivity contribution is 14.1. The molecule has 0 aromatic rings. The summed E-state index contributed by atoms with van der Waals surface area (Å²) >= 11 is 2.04. The molecule has 16 heavy (non-hydrogen) atoms. The first-order valence-corrected chi connectivity index (χ1v) is 6.93. The largest absolute Gasteiger partial charge is 0.459 e. The van der Waals surface area contributed by atoms with E-state index in [-0.39, 0.29) is 27.9 Å². The predicted molar refractivity (Wildman–Crippen MR) is 65.2 cm³/mol. The summed E-state index contributed by atoms with van der Waals surface area (Å²) in [6.45, 7) is 1.92. The maximum Gasteiger partial charge on any atom is 0.348 e. The van der Waals surface area contributed by atoms with E-state index in [1.807, 2.05) is 29.5 Å². The van der Waals surface area contributed by atoms with Gasteiger partial charge in [-0.25, -0.2) is 4.79 Å². The van der Waals surface area contributed by atoms with E-state index in [4.69, 9.17) is 9.47 Å². The number of hydrogen-bond donors (Lipinski definition) is 0. The van der Waals surface area contributed by atoms with Gasteiger partial charge in [0.15, 0.2) is 0 Å². The van der Waals surface area contributed by atoms with Gasteiger partial charge in [0, 0.05) is 5.92 Å². The molecule has 1 aliphatic carbocycles. The van der Waals surface area contributed by atoms with Crippen LogP contribution in [0.15, 0.2) is 0 Å². The van der Waals surface area contributed by atoms with Gasteiger partial charge in [0.25, 0.3) is 0 Å². The summed E-state index contributed by atoms with van der Waals surface area (Å²) < 4.78 is 10.3. The summed E-state index contributed by atoms with van der Waals surface area (Å²) in [4.78, 5) is 23.2. The first kappa shape index (κ1) is 12.1. The van der Waals surface area contributed by atoms with Crippen LogP contribution in [0.4, 0.5) is 0 Å². The van der Waals surface area contributed by atoms with Crippen molar-refractivity contribution in [2.45, 2.75) is 48.7 Å². The van der Waals surface area contributed by atoms with Crippen molar-refractivity contribution >= 4 is 34.5 Å². The van der Waals surface area contributed by atoms with Gasteiger partial charge < -0.3 is 9.47 Å². The van der Waals surface area contributed by atoms with E-state index in [1.54, 1.807) is 0 Å². The van der Waals surface area contributed by atoms with Crippen LogP contribution in [-0.2, 0) is 19.1 Å². The number of rotatable bonds is 3. The average Bonchev–Trinajstić information content (AvgIpc) is 2.81. The van der Waals surface area contributed by atoms with Gasteiger partial charge in [0.2, 0.25) is 6.10 Å². The van der Waals surface area contributed by atoms with Crippen molar-refractivity contribution in [2.24, 2.45) is 5.92 Å². The zero-order valence-corrected chi connectivity index (χ0v) is 11.3. The number of fused-ring (bicyclic) bond motifs is 1. The Bertz CT molecular complexity index is 304. The SMILES string of the molecule is CCC(I)C(=O)OC1C(=O)OC2CCCC21. The lowest BCUT2D eigenvalue weighted by molar-refractivity contribution is -0.161. The quantitative estimate of drug-likeness (QED) is 0.448. The molecule has 4 nitrogen and oxygen atoms in total. The summed E-state index contributed by atoms with van der Waals surface area (Å²) in [5, 5.41) is 0. The molecule has 0 bridgehead atoms. The minimum atomic E-state index is -0.649. The molecule has 0 N–H and O–H groups in total. The zero-order chi connectivity index (χ0) is 11.7. The molecule has 0 radical (unpaired) electrons. The fourth-order valence-corrected chi connectivity index (χ4v) is 2.49. The lowest BCUT2D eigenvalue weighted by Crippen LogP contribution is -2.32. The molecule has 5 heteroatoms. The Hall–Kier alpha value is -0.330. The summed E-state index contributed by atoms with van der Waals surface area (Å²) in [5.41, 5.74) is 0. The number of ether oxygens (including phenoxy) is 2. The first-order chi connectivity index (χ1) is 7.63. The molecule has 0 spiro atoms. The van der Waals surface area contributed by atoms with Crippen LogP contribution in [0.2, 0.25) is 0 Å². The minimum Gasteiger partial charge on any atom is -0.459 e. The van der Waals surface area contributed by atoms with E-state index >= 15 is 0 Å². The third kappa shape index (κ3) is 2.19. The van der Waals surface area contributed by atoms with Crippen molar-refractivity contribution in [1.82, 2.24) is 0 Å². The van der Waals surface area contributed by atoms with E-state index in [1.165, 1.54) is 0 Å². The topological polar surface area (TPSA) is 52.6 Å². The number of esters is 2. The van der Waals surface area contributed by atoms with Gasteiger partial charge >= 0.3 is 11.9 Å². The molecule has 4 atom stereocenters. The highest BCUT2D eigenvalue weighted by atomic mass is 127. The number of carbonyl (C=O) groups is 2. The third-order valence-electron chi connectivity index (χ3n) is 3.25. The van der Waals surface area contributed by atoms with E-state index in [0.717, 1.165) is 25.7 Å². The van der Waals surface area contributed by atoms with Gasteiger partial charge in [-0.3, -0.25) is 4.79 Å².